The zero-order valence-corrected chi connectivity index (χ0v) is 11.7. The number of rotatable bonds is 6. The molecular weight excluding hydrogens is 282 g/mol. The van der Waals surface area contributed by atoms with Crippen molar-refractivity contribution in [2.45, 2.75) is 20.4 Å². The van der Waals surface area contributed by atoms with Gasteiger partial charge in [0.2, 0.25) is 0 Å². The van der Waals surface area contributed by atoms with Gasteiger partial charge in [-0.15, -0.1) is 0 Å². The van der Waals surface area contributed by atoms with Gasteiger partial charge in [-0.1, -0.05) is 41.9 Å². The summed E-state index contributed by atoms with van der Waals surface area (Å²) in [6.45, 7) is 5.05. The molecule has 1 atom stereocenters. The van der Waals surface area contributed by atoms with E-state index >= 15 is 0 Å². The Morgan fingerprint density at radius 1 is 1.47 bits per heavy atom. The zero-order valence-electron chi connectivity index (χ0n) is 10.1. The molecule has 0 aliphatic carbocycles. The standard InChI is InChI=1S/C13H18BrNO2/c1-9(2)12(13(16)17)8-15-7-10-4-3-5-11(14)6-10/h3-6,9,12,15H,7-8H2,1-2H3,(H,16,17). The molecule has 0 aliphatic heterocycles. The topological polar surface area (TPSA) is 49.3 Å². The van der Waals surface area contributed by atoms with Crippen molar-refractivity contribution in [2.75, 3.05) is 6.54 Å². The Bertz CT molecular complexity index is 379. The highest BCUT2D eigenvalue weighted by Crippen LogP contribution is 2.12. The molecule has 0 saturated carbocycles. The summed E-state index contributed by atoms with van der Waals surface area (Å²) in [5.41, 5.74) is 1.15. The van der Waals surface area contributed by atoms with Crippen LogP contribution in [0.5, 0.6) is 0 Å². The Kier molecular flexibility index (Phi) is 5.65. The normalized spacial score (nSPS) is 12.7. The SMILES string of the molecule is CC(C)C(CNCc1cccc(Br)c1)C(=O)O. The molecule has 94 valence electrons. The molecule has 4 heteroatoms. The lowest BCUT2D eigenvalue weighted by Crippen LogP contribution is -2.31. The third-order valence-electron chi connectivity index (χ3n) is 2.70. The van der Waals surface area contributed by atoms with Gasteiger partial charge in [0.15, 0.2) is 0 Å². The van der Waals surface area contributed by atoms with Crippen LogP contribution in [0.3, 0.4) is 0 Å². The third-order valence-corrected chi connectivity index (χ3v) is 3.20. The molecule has 0 saturated heterocycles. The Hall–Kier alpha value is -0.870. The van der Waals surface area contributed by atoms with Crippen molar-refractivity contribution in [2.24, 2.45) is 11.8 Å². The smallest absolute Gasteiger partial charge is 0.308 e. The van der Waals surface area contributed by atoms with Crippen molar-refractivity contribution in [3.63, 3.8) is 0 Å². The molecule has 1 aromatic carbocycles. The number of carboxylic acid groups (broad SMARTS) is 1. The van der Waals surface area contributed by atoms with Gasteiger partial charge in [-0.2, -0.15) is 0 Å². The van der Waals surface area contributed by atoms with E-state index in [0.717, 1.165) is 10.0 Å². The van der Waals surface area contributed by atoms with Crippen molar-refractivity contribution in [1.29, 1.82) is 0 Å². The Morgan fingerprint density at radius 3 is 2.71 bits per heavy atom. The summed E-state index contributed by atoms with van der Waals surface area (Å²) in [6, 6.07) is 7.98. The second-order valence-electron chi connectivity index (χ2n) is 4.45. The molecule has 0 fully saturated rings. The maximum Gasteiger partial charge on any atom is 0.308 e. The van der Waals surface area contributed by atoms with E-state index in [1.165, 1.54) is 0 Å². The molecule has 0 aliphatic rings. The van der Waals surface area contributed by atoms with Crippen molar-refractivity contribution < 1.29 is 9.90 Å². The van der Waals surface area contributed by atoms with Gasteiger partial charge < -0.3 is 10.4 Å². The highest BCUT2D eigenvalue weighted by atomic mass is 79.9. The molecule has 17 heavy (non-hydrogen) atoms. The Balaban J connectivity index is 2.44. The lowest BCUT2D eigenvalue weighted by molar-refractivity contribution is -0.143. The van der Waals surface area contributed by atoms with Crippen LogP contribution < -0.4 is 5.32 Å². The Morgan fingerprint density at radius 2 is 2.18 bits per heavy atom. The van der Waals surface area contributed by atoms with E-state index in [0.29, 0.717) is 13.1 Å². The maximum atomic E-state index is 11.0. The number of hydrogen-bond acceptors (Lipinski definition) is 2. The first-order valence-electron chi connectivity index (χ1n) is 5.68. The van der Waals surface area contributed by atoms with Crippen molar-refractivity contribution >= 4 is 21.9 Å². The molecule has 0 heterocycles. The summed E-state index contributed by atoms with van der Waals surface area (Å²) < 4.78 is 1.04. The molecule has 3 nitrogen and oxygen atoms in total. The van der Waals surface area contributed by atoms with Gasteiger partial charge in [-0.25, -0.2) is 0 Å². The zero-order chi connectivity index (χ0) is 12.8. The second-order valence-corrected chi connectivity index (χ2v) is 5.37. The monoisotopic (exact) mass is 299 g/mol. The van der Waals surface area contributed by atoms with E-state index in [-0.39, 0.29) is 11.8 Å². The highest BCUT2D eigenvalue weighted by molar-refractivity contribution is 9.10. The summed E-state index contributed by atoms with van der Waals surface area (Å²) in [4.78, 5) is 11.0. The molecule has 0 amide bonds. The molecule has 0 radical (unpaired) electrons. The van der Waals surface area contributed by atoms with Gasteiger partial charge in [0, 0.05) is 17.6 Å². The fourth-order valence-electron chi connectivity index (χ4n) is 1.63. The van der Waals surface area contributed by atoms with Gasteiger partial charge in [0.1, 0.15) is 0 Å². The molecule has 0 spiro atoms. The fraction of sp³-hybridized carbons (Fsp3) is 0.462. The number of nitrogens with one attached hydrogen (secondary N) is 1. The van der Waals surface area contributed by atoms with Crippen LogP contribution in [0.4, 0.5) is 0 Å². The van der Waals surface area contributed by atoms with Crippen LogP contribution in [0.2, 0.25) is 0 Å². The largest absolute Gasteiger partial charge is 0.481 e. The third kappa shape index (κ3) is 4.88. The number of aliphatic carboxylic acids is 1. The van der Waals surface area contributed by atoms with Crippen molar-refractivity contribution in [1.82, 2.24) is 5.32 Å². The van der Waals surface area contributed by atoms with Gasteiger partial charge in [-0.05, 0) is 23.6 Å². The van der Waals surface area contributed by atoms with Crippen LogP contribution >= 0.6 is 15.9 Å². The maximum absolute atomic E-state index is 11.0. The number of carboxylic acids is 1. The number of benzene rings is 1. The van der Waals surface area contributed by atoms with E-state index in [1.54, 1.807) is 0 Å². The first-order chi connectivity index (χ1) is 8.00. The van der Waals surface area contributed by atoms with Gasteiger partial charge in [-0.3, -0.25) is 4.79 Å². The number of halogens is 1. The summed E-state index contributed by atoms with van der Waals surface area (Å²) >= 11 is 3.41. The van der Waals surface area contributed by atoms with Crippen LogP contribution in [0.1, 0.15) is 19.4 Å². The average molecular weight is 300 g/mol. The summed E-state index contributed by atoms with van der Waals surface area (Å²) in [5.74, 6) is -0.925. The predicted molar refractivity (Wildman–Crippen MR) is 71.8 cm³/mol. The van der Waals surface area contributed by atoms with Gasteiger partial charge in [0.05, 0.1) is 5.92 Å². The summed E-state index contributed by atoms with van der Waals surface area (Å²) in [7, 11) is 0. The lowest BCUT2D eigenvalue weighted by atomic mass is 9.96. The molecule has 2 N–H and O–H groups in total. The van der Waals surface area contributed by atoms with E-state index < -0.39 is 5.97 Å². The first kappa shape index (κ1) is 14.2. The average Bonchev–Trinajstić information content (AvgIpc) is 2.23. The van der Waals surface area contributed by atoms with Crippen LogP contribution in [0.25, 0.3) is 0 Å². The lowest BCUT2D eigenvalue weighted by Gasteiger charge is -2.16. The quantitative estimate of drug-likeness (QED) is 0.849. The summed E-state index contributed by atoms with van der Waals surface area (Å²) in [6.07, 6.45) is 0. The van der Waals surface area contributed by atoms with E-state index in [9.17, 15) is 4.79 Å². The number of hydrogen-bond donors (Lipinski definition) is 2. The van der Waals surface area contributed by atoms with Crippen LogP contribution in [-0.2, 0) is 11.3 Å². The predicted octanol–water partition coefficient (Wildman–Crippen LogP) is 2.90. The number of carbonyl (C=O) groups is 1. The van der Waals surface area contributed by atoms with Crippen LogP contribution in [0.15, 0.2) is 28.7 Å². The molecule has 1 rings (SSSR count). The van der Waals surface area contributed by atoms with E-state index in [4.69, 9.17) is 5.11 Å². The minimum atomic E-state index is -0.734. The van der Waals surface area contributed by atoms with Gasteiger partial charge >= 0.3 is 5.97 Å². The Labute approximate surface area is 110 Å². The summed E-state index contributed by atoms with van der Waals surface area (Å²) in [5, 5.41) is 12.2. The van der Waals surface area contributed by atoms with Crippen LogP contribution in [0, 0.1) is 11.8 Å². The first-order valence-corrected chi connectivity index (χ1v) is 6.48. The van der Waals surface area contributed by atoms with Crippen molar-refractivity contribution in [3.05, 3.63) is 34.3 Å². The minimum Gasteiger partial charge on any atom is -0.481 e. The molecule has 1 aromatic rings. The minimum absolute atomic E-state index is 0.141. The van der Waals surface area contributed by atoms with Crippen LogP contribution in [-0.4, -0.2) is 17.6 Å². The van der Waals surface area contributed by atoms with Crippen molar-refractivity contribution in [3.8, 4) is 0 Å². The second kappa shape index (κ2) is 6.77. The van der Waals surface area contributed by atoms with E-state index in [1.807, 2.05) is 38.1 Å². The fourth-order valence-corrected chi connectivity index (χ4v) is 2.07. The highest BCUT2D eigenvalue weighted by Gasteiger charge is 2.20. The molecular formula is C13H18BrNO2. The molecule has 1 unspecified atom stereocenters. The van der Waals surface area contributed by atoms with Gasteiger partial charge in [0.25, 0.3) is 0 Å². The van der Waals surface area contributed by atoms with E-state index in [2.05, 4.69) is 21.2 Å². The molecule has 0 aromatic heterocycles. The molecule has 0 bridgehead atoms.